The Kier molecular flexibility index (Phi) is 4.87. The van der Waals surface area contributed by atoms with E-state index in [1.54, 1.807) is 18.2 Å². The molecule has 0 aromatic heterocycles. The Morgan fingerprint density at radius 3 is 2.93 bits per heavy atom. The van der Waals surface area contributed by atoms with Gasteiger partial charge in [0, 0.05) is 22.9 Å². The molecule has 0 aliphatic rings. The first-order valence-corrected chi connectivity index (χ1v) is 5.74. The van der Waals surface area contributed by atoms with E-state index in [0.717, 1.165) is 4.47 Å². The van der Waals surface area contributed by atoms with E-state index >= 15 is 0 Å². The molecule has 0 saturated carbocycles. The molecular weight excluding hydrogens is 275 g/mol. The number of terminal acetylenes is 1. The van der Waals surface area contributed by atoms with E-state index < -0.39 is 0 Å². The molecule has 0 saturated heterocycles. The largest absolute Gasteiger partial charge is 0.294 e. The topological polar surface area (TPSA) is 17.1 Å². The average Bonchev–Trinajstić information content (AvgIpc) is 2.22. The van der Waals surface area contributed by atoms with Gasteiger partial charge in [0.05, 0.1) is 5.02 Å². The van der Waals surface area contributed by atoms with Crippen LogP contribution >= 0.6 is 27.5 Å². The molecule has 1 rings (SSSR count). The van der Waals surface area contributed by atoms with Gasteiger partial charge in [-0.25, -0.2) is 0 Å². The molecule has 3 heteroatoms. The lowest BCUT2D eigenvalue weighted by molar-refractivity contribution is 0.0980. The minimum atomic E-state index is 0.0385. The van der Waals surface area contributed by atoms with Crippen LogP contribution in [0, 0.1) is 12.3 Å². The van der Waals surface area contributed by atoms with Gasteiger partial charge in [-0.15, -0.1) is 12.3 Å². The van der Waals surface area contributed by atoms with Crippen LogP contribution in [0.2, 0.25) is 5.02 Å². The Hall–Kier alpha value is -0.780. The van der Waals surface area contributed by atoms with E-state index in [9.17, 15) is 4.79 Å². The first-order chi connectivity index (χ1) is 7.15. The van der Waals surface area contributed by atoms with Gasteiger partial charge in [0.2, 0.25) is 0 Å². The minimum Gasteiger partial charge on any atom is -0.294 e. The molecule has 0 heterocycles. The number of carbonyl (C=O) groups is 1. The monoisotopic (exact) mass is 284 g/mol. The van der Waals surface area contributed by atoms with E-state index in [4.69, 9.17) is 18.0 Å². The van der Waals surface area contributed by atoms with Gasteiger partial charge in [-0.05, 0) is 24.6 Å². The molecule has 0 radical (unpaired) electrons. The van der Waals surface area contributed by atoms with Crippen LogP contribution in [0.4, 0.5) is 0 Å². The molecule has 0 spiro atoms. The predicted molar refractivity (Wildman–Crippen MR) is 66.2 cm³/mol. The predicted octanol–water partition coefficient (Wildman–Crippen LogP) is 4.09. The molecule has 1 nitrogen and oxygen atoms in total. The van der Waals surface area contributed by atoms with Gasteiger partial charge in [-0.3, -0.25) is 4.79 Å². The summed E-state index contributed by atoms with van der Waals surface area (Å²) in [5, 5.41) is 0.490. The number of Topliss-reactive ketones (excluding diaryl/α,β-unsaturated/α-hetero) is 1. The van der Waals surface area contributed by atoms with Gasteiger partial charge in [-0.1, -0.05) is 27.5 Å². The summed E-state index contributed by atoms with van der Waals surface area (Å²) in [6.07, 6.45) is 6.89. The molecule has 0 N–H and O–H groups in total. The molecule has 1 aromatic carbocycles. The molecule has 78 valence electrons. The second-order valence-electron chi connectivity index (χ2n) is 3.11. The van der Waals surface area contributed by atoms with Crippen LogP contribution in [0.25, 0.3) is 0 Å². The molecule has 0 atom stereocenters. The molecule has 1 aromatic rings. The third-order valence-electron chi connectivity index (χ3n) is 1.95. The SMILES string of the molecule is C#CCCCC(=O)c1cc(Br)ccc1Cl. The second kappa shape index (κ2) is 5.95. The number of unbranched alkanes of at least 4 members (excludes halogenated alkanes) is 1. The summed E-state index contributed by atoms with van der Waals surface area (Å²) >= 11 is 9.23. The van der Waals surface area contributed by atoms with Crippen LogP contribution in [-0.4, -0.2) is 5.78 Å². The summed E-state index contributed by atoms with van der Waals surface area (Å²) < 4.78 is 0.854. The summed E-state index contributed by atoms with van der Waals surface area (Å²) in [4.78, 5) is 11.7. The fourth-order valence-electron chi connectivity index (χ4n) is 1.20. The highest BCUT2D eigenvalue weighted by atomic mass is 79.9. The maximum absolute atomic E-state index is 11.7. The van der Waals surface area contributed by atoms with Gasteiger partial charge in [-0.2, -0.15) is 0 Å². The highest BCUT2D eigenvalue weighted by Gasteiger charge is 2.09. The van der Waals surface area contributed by atoms with E-state index in [1.807, 2.05) is 0 Å². The molecule has 0 bridgehead atoms. The molecular formula is C12H10BrClO. The van der Waals surface area contributed by atoms with Crippen LogP contribution in [0.15, 0.2) is 22.7 Å². The zero-order valence-corrected chi connectivity index (χ0v) is 10.4. The first kappa shape index (κ1) is 12.3. The summed E-state index contributed by atoms with van der Waals surface area (Å²) in [6, 6.07) is 5.25. The van der Waals surface area contributed by atoms with Crippen LogP contribution in [0.5, 0.6) is 0 Å². The number of ketones is 1. The van der Waals surface area contributed by atoms with Gasteiger partial charge < -0.3 is 0 Å². The zero-order chi connectivity index (χ0) is 11.3. The highest BCUT2D eigenvalue weighted by molar-refractivity contribution is 9.10. The molecule has 0 unspecified atom stereocenters. The standard InChI is InChI=1S/C12H10BrClO/c1-2-3-4-5-12(15)10-8-9(13)6-7-11(10)14/h1,6-8H,3-5H2. The normalized spacial score (nSPS) is 9.67. The summed E-state index contributed by atoms with van der Waals surface area (Å²) in [6.45, 7) is 0. The van der Waals surface area contributed by atoms with Crippen molar-refractivity contribution < 1.29 is 4.79 Å². The number of rotatable bonds is 4. The third kappa shape index (κ3) is 3.70. The summed E-state index contributed by atoms with van der Waals surface area (Å²) in [5.41, 5.74) is 0.558. The molecule has 15 heavy (non-hydrogen) atoms. The Morgan fingerprint density at radius 1 is 1.53 bits per heavy atom. The Balaban J connectivity index is 2.73. The average molecular weight is 286 g/mol. The third-order valence-corrected chi connectivity index (χ3v) is 2.78. The number of hydrogen-bond donors (Lipinski definition) is 0. The van der Waals surface area contributed by atoms with E-state index in [0.29, 0.717) is 29.8 Å². The highest BCUT2D eigenvalue weighted by Crippen LogP contribution is 2.22. The smallest absolute Gasteiger partial charge is 0.164 e. The zero-order valence-electron chi connectivity index (χ0n) is 8.09. The van der Waals surface area contributed by atoms with Crippen LogP contribution in [0.3, 0.4) is 0 Å². The second-order valence-corrected chi connectivity index (χ2v) is 4.43. The van der Waals surface area contributed by atoms with Crippen LogP contribution < -0.4 is 0 Å². The lowest BCUT2D eigenvalue weighted by Gasteiger charge is -2.03. The Bertz CT molecular complexity index is 407. The van der Waals surface area contributed by atoms with Crippen LogP contribution in [0.1, 0.15) is 29.6 Å². The number of benzene rings is 1. The summed E-state index contributed by atoms with van der Waals surface area (Å²) in [5.74, 6) is 2.54. The Morgan fingerprint density at radius 2 is 2.27 bits per heavy atom. The van der Waals surface area contributed by atoms with Gasteiger partial charge in [0.1, 0.15) is 0 Å². The van der Waals surface area contributed by atoms with E-state index in [1.165, 1.54) is 0 Å². The fourth-order valence-corrected chi connectivity index (χ4v) is 1.78. The van der Waals surface area contributed by atoms with E-state index in [-0.39, 0.29) is 5.78 Å². The lowest BCUT2D eigenvalue weighted by Crippen LogP contribution is -1.99. The molecule has 0 aliphatic heterocycles. The van der Waals surface area contributed by atoms with Crippen molar-refractivity contribution in [1.82, 2.24) is 0 Å². The Labute approximate surface area is 103 Å². The van der Waals surface area contributed by atoms with Crippen molar-refractivity contribution in [3.8, 4) is 12.3 Å². The van der Waals surface area contributed by atoms with Crippen molar-refractivity contribution in [3.63, 3.8) is 0 Å². The van der Waals surface area contributed by atoms with Crippen molar-refractivity contribution in [2.75, 3.05) is 0 Å². The van der Waals surface area contributed by atoms with Crippen molar-refractivity contribution in [1.29, 1.82) is 0 Å². The fraction of sp³-hybridized carbons (Fsp3) is 0.250. The van der Waals surface area contributed by atoms with Gasteiger partial charge >= 0.3 is 0 Å². The molecule has 0 fully saturated rings. The number of halogens is 2. The quantitative estimate of drug-likeness (QED) is 0.463. The number of carbonyl (C=O) groups excluding carboxylic acids is 1. The van der Waals surface area contributed by atoms with Crippen molar-refractivity contribution in [2.24, 2.45) is 0 Å². The summed E-state index contributed by atoms with van der Waals surface area (Å²) in [7, 11) is 0. The van der Waals surface area contributed by atoms with Crippen molar-refractivity contribution >= 4 is 33.3 Å². The first-order valence-electron chi connectivity index (χ1n) is 4.57. The van der Waals surface area contributed by atoms with Crippen molar-refractivity contribution in [3.05, 3.63) is 33.3 Å². The number of hydrogen-bond acceptors (Lipinski definition) is 1. The maximum atomic E-state index is 11.7. The van der Waals surface area contributed by atoms with Gasteiger partial charge in [0.15, 0.2) is 5.78 Å². The maximum Gasteiger partial charge on any atom is 0.164 e. The van der Waals surface area contributed by atoms with Crippen molar-refractivity contribution in [2.45, 2.75) is 19.3 Å². The molecule has 0 aliphatic carbocycles. The molecule has 0 amide bonds. The lowest BCUT2D eigenvalue weighted by atomic mass is 10.1. The van der Waals surface area contributed by atoms with Crippen LogP contribution in [-0.2, 0) is 0 Å². The van der Waals surface area contributed by atoms with E-state index in [2.05, 4.69) is 21.9 Å². The van der Waals surface area contributed by atoms with Gasteiger partial charge in [0.25, 0.3) is 0 Å². The minimum absolute atomic E-state index is 0.0385.